The average Bonchev–Trinajstić information content (AvgIpc) is 2.54. The minimum atomic E-state index is 0.417. The highest BCUT2D eigenvalue weighted by Crippen LogP contribution is 2.22. The first kappa shape index (κ1) is 15.2. The van der Waals surface area contributed by atoms with Crippen molar-refractivity contribution < 1.29 is 14.3 Å². The monoisotopic (exact) mass is 285 g/mol. The second-order valence-electron chi connectivity index (χ2n) is 4.64. The number of aromatic nitrogens is 1. The van der Waals surface area contributed by atoms with E-state index in [2.05, 4.69) is 4.98 Å². The third-order valence-corrected chi connectivity index (χ3v) is 3.20. The van der Waals surface area contributed by atoms with Gasteiger partial charge >= 0.3 is 0 Å². The molecule has 21 heavy (non-hydrogen) atoms. The SMILES string of the molecule is COc1nccc(CCC=O)c1COCc1ccccc1. The molecule has 4 nitrogen and oxygen atoms in total. The first-order chi connectivity index (χ1) is 10.3. The van der Waals surface area contributed by atoms with E-state index in [1.807, 2.05) is 36.4 Å². The van der Waals surface area contributed by atoms with Gasteiger partial charge in [0.05, 0.1) is 20.3 Å². The molecule has 2 aromatic rings. The highest BCUT2D eigenvalue weighted by atomic mass is 16.5. The zero-order valence-electron chi connectivity index (χ0n) is 12.1. The molecule has 0 saturated carbocycles. The van der Waals surface area contributed by atoms with Crippen LogP contribution >= 0.6 is 0 Å². The van der Waals surface area contributed by atoms with Gasteiger partial charge < -0.3 is 14.3 Å². The van der Waals surface area contributed by atoms with Crippen LogP contribution in [-0.2, 0) is 29.2 Å². The number of hydrogen-bond acceptors (Lipinski definition) is 4. The molecule has 1 heterocycles. The molecule has 2 rings (SSSR count). The number of aldehydes is 1. The first-order valence-electron chi connectivity index (χ1n) is 6.91. The maximum atomic E-state index is 10.6. The van der Waals surface area contributed by atoms with E-state index < -0.39 is 0 Å². The Kier molecular flexibility index (Phi) is 5.91. The Labute approximate surface area is 124 Å². The van der Waals surface area contributed by atoms with Crippen LogP contribution in [-0.4, -0.2) is 18.4 Å². The van der Waals surface area contributed by atoms with Gasteiger partial charge in [-0.15, -0.1) is 0 Å². The van der Waals surface area contributed by atoms with E-state index in [0.717, 1.165) is 23.0 Å². The van der Waals surface area contributed by atoms with Gasteiger partial charge in [-0.2, -0.15) is 0 Å². The van der Waals surface area contributed by atoms with Crippen molar-refractivity contribution in [2.75, 3.05) is 7.11 Å². The van der Waals surface area contributed by atoms with Crippen LogP contribution in [0, 0.1) is 0 Å². The Hall–Kier alpha value is -2.20. The van der Waals surface area contributed by atoms with Gasteiger partial charge in [0.15, 0.2) is 0 Å². The predicted molar refractivity (Wildman–Crippen MR) is 80.1 cm³/mol. The molecule has 0 saturated heterocycles. The van der Waals surface area contributed by atoms with E-state index >= 15 is 0 Å². The lowest BCUT2D eigenvalue weighted by molar-refractivity contribution is -0.107. The van der Waals surface area contributed by atoms with Crippen molar-refractivity contribution >= 4 is 6.29 Å². The molecular weight excluding hydrogens is 266 g/mol. The first-order valence-corrected chi connectivity index (χ1v) is 6.91. The number of pyridine rings is 1. The summed E-state index contributed by atoms with van der Waals surface area (Å²) < 4.78 is 11.0. The smallest absolute Gasteiger partial charge is 0.218 e. The Morgan fingerprint density at radius 1 is 1.14 bits per heavy atom. The van der Waals surface area contributed by atoms with Gasteiger partial charge in [0.25, 0.3) is 0 Å². The summed E-state index contributed by atoms with van der Waals surface area (Å²) in [6.07, 6.45) is 3.77. The van der Waals surface area contributed by atoms with Gasteiger partial charge in [-0.25, -0.2) is 4.98 Å². The molecule has 4 heteroatoms. The lowest BCUT2D eigenvalue weighted by Crippen LogP contribution is -2.04. The summed E-state index contributed by atoms with van der Waals surface area (Å²) in [5.74, 6) is 0.562. The average molecular weight is 285 g/mol. The highest BCUT2D eigenvalue weighted by molar-refractivity contribution is 5.50. The van der Waals surface area contributed by atoms with Crippen LogP contribution in [0.3, 0.4) is 0 Å². The van der Waals surface area contributed by atoms with Crippen molar-refractivity contribution in [1.29, 1.82) is 0 Å². The van der Waals surface area contributed by atoms with Crippen LogP contribution < -0.4 is 4.74 Å². The molecule has 1 aromatic heterocycles. The lowest BCUT2D eigenvalue weighted by Gasteiger charge is -2.12. The fourth-order valence-corrected chi connectivity index (χ4v) is 2.13. The number of nitrogens with zero attached hydrogens (tertiary/aromatic N) is 1. The fourth-order valence-electron chi connectivity index (χ4n) is 2.13. The van der Waals surface area contributed by atoms with Crippen LogP contribution in [0.5, 0.6) is 5.88 Å². The van der Waals surface area contributed by atoms with Gasteiger partial charge in [-0.1, -0.05) is 30.3 Å². The van der Waals surface area contributed by atoms with Crippen LogP contribution in [0.15, 0.2) is 42.6 Å². The Bertz CT molecular complexity index is 570. The summed E-state index contributed by atoms with van der Waals surface area (Å²) in [5.41, 5.74) is 3.08. The van der Waals surface area contributed by atoms with Crippen molar-refractivity contribution in [2.24, 2.45) is 0 Å². The molecule has 0 bridgehead atoms. The normalized spacial score (nSPS) is 10.3. The Morgan fingerprint density at radius 2 is 1.95 bits per heavy atom. The quantitative estimate of drug-likeness (QED) is 0.700. The number of carbonyl (C=O) groups is 1. The summed E-state index contributed by atoms with van der Waals surface area (Å²) in [7, 11) is 1.59. The van der Waals surface area contributed by atoms with Crippen molar-refractivity contribution in [2.45, 2.75) is 26.1 Å². The maximum Gasteiger partial charge on any atom is 0.218 e. The van der Waals surface area contributed by atoms with Gasteiger partial charge in [0.2, 0.25) is 5.88 Å². The molecule has 0 N–H and O–H groups in total. The maximum absolute atomic E-state index is 10.6. The molecule has 110 valence electrons. The number of rotatable bonds is 8. The zero-order chi connectivity index (χ0) is 14.9. The second kappa shape index (κ2) is 8.17. The minimum Gasteiger partial charge on any atom is -0.481 e. The van der Waals surface area contributed by atoms with Crippen LogP contribution in [0.1, 0.15) is 23.1 Å². The largest absolute Gasteiger partial charge is 0.481 e. The topological polar surface area (TPSA) is 48.4 Å². The standard InChI is InChI=1S/C17H19NO3/c1-20-17-16(15(8-5-11-19)9-10-18-17)13-21-12-14-6-3-2-4-7-14/h2-4,6-7,9-11H,5,8,12-13H2,1H3. The summed E-state index contributed by atoms with van der Waals surface area (Å²) in [5, 5.41) is 0. The van der Waals surface area contributed by atoms with Crippen molar-refractivity contribution in [3.05, 3.63) is 59.3 Å². The number of hydrogen-bond donors (Lipinski definition) is 0. The van der Waals surface area contributed by atoms with E-state index in [4.69, 9.17) is 9.47 Å². The van der Waals surface area contributed by atoms with Gasteiger partial charge in [0, 0.05) is 18.2 Å². The molecule has 0 unspecified atom stereocenters. The summed E-state index contributed by atoms with van der Waals surface area (Å²) in [4.78, 5) is 14.8. The van der Waals surface area contributed by atoms with Crippen molar-refractivity contribution in [1.82, 2.24) is 4.98 Å². The second-order valence-corrected chi connectivity index (χ2v) is 4.64. The van der Waals surface area contributed by atoms with E-state index in [1.165, 1.54) is 0 Å². The number of benzene rings is 1. The third-order valence-electron chi connectivity index (χ3n) is 3.20. The molecular formula is C17H19NO3. The minimum absolute atomic E-state index is 0.417. The molecule has 0 aliphatic heterocycles. The highest BCUT2D eigenvalue weighted by Gasteiger charge is 2.10. The zero-order valence-corrected chi connectivity index (χ0v) is 12.1. The molecule has 0 aliphatic carbocycles. The van der Waals surface area contributed by atoms with Crippen LogP contribution in [0.2, 0.25) is 0 Å². The van der Waals surface area contributed by atoms with Crippen molar-refractivity contribution in [3.63, 3.8) is 0 Å². The number of aryl methyl sites for hydroxylation is 1. The molecule has 0 amide bonds. The molecule has 0 atom stereocenters. The number of ether oxygens (including phenoxy) is 2. The third kappa shape index (κ3) is 4.39. The van der Waals surface area contributed by atoms with Crippen LogP contribution in [0.25, 0.3) is 0 Å². The lowest BCUT2D eigenvalue weighted by atomic mass is 10.1. The summed E-state index contributed by atoms with van der Waals surface area (Å²) in [6, 6.07) is 11.9. The number of carbonyl (C=O) groups excluding carboxylic acids is 1. The van der Waals surface area contributed by atoms with Gasteiger partial charge in [-0.05, 0) is 23.6 Å². The molecule has 0 fully saturated rings. The van der Waals surface area contributed by atoms with Gasteiger partial charge in [0.1, 0.15) is 6.29 Å². The van der Waals surface area contributed by atoms with Crippen LogP contribution in [0.4, 0.5) is 0 Å². The van der Waals surface area contributed by atoms with E-state index in [9.17, 15) is 4.79 Å². The molecule has 0 spiro atoms. The molecule has 0 radical (unpaired) electrons. The fraction of sp³-hybridized carbons (Fsp3) is 0.294. The summed E-state index contributed by atoms with van der Waals surface area (Å²) in [6.45, 7) is 0.951. The summed E-state index contributed by atoms with van der Waals surface area (Å²) >= 11 is 0. The molecule has 1 aromatic carbocycles. The van der Waals surface area contributed by atoms with E-state index in [-0.39, 0.29) is 0 Å². The Morgan fingerprint density at radius 3 is 2.67 bits per heavy atom. The molecule has 0 aliphatic rings. The van der Waals surface area contributed by atoms with Gasteiger partial charge in [-0.3, -0.25) is 0 Å². The number of methoxy groups -OCH3 is 1. The van der Waals surface area contributed by atoms with E-state index in [1.54, 1.807) is 13.3 Å². The van der Waals surface area contributed by atoms with Crippen molar-refractivity contribution in [3.8, 4) is 5.88 Å². The predicted octanol–water partition coefficient (Wildman–Crippen LogP) is 2.94. The van der Waals surface area contributed by atoms with E-state index in [0.29, 0.717) is 31.9 Å². The Balaban J connectivity index is 2.04.